The van der Waals surface area contributed by atoms with E-state index in [0.717, 1.165) is 12.3 Å². The first-order valence-electron chi connectivity index (χ1n) is 7.44. The summed E-state index contributed by atoms with van der Waals surface area (Å²) >= 11 is 11.7. The van der Waals surface area contributed by atoms with Crippen molar-refractivity contribution in [3.05, 3.63) is 51.9 Å². The average Bonchev–Trinajstić information content (AvgIpc) is 3.20. The molecule has 0 saturated heterocycles. The number of aliphatic hydroxyl groups is 1. The molecule has 1 aliphatic rings. The van der Waals surface area contributed by atoms with Gasteiger partial charge in [-0.3, -0.25) is 4.79 Å². The van der Waals surface area contributed by atoms with Gasteiger partial charge in [0.05, 0.1) is 5.02 Å². The Kier molecular flexibility index (Phi) is 5.11. The predicted octanol–water partition coefficient (Wildman–Crippen LogP) is 4.25. The number of alkyl halides is 3. The van der Waals surface area contributed by atoms with Crippen molar-refractivity contribution in [2.45, 2.75) is 24.9 Å². The molecule has 1 amide bonds. The summed E-state index contributed by atoms with van der Waals surface area (Å²) < 4.78 is 49.8. The van der Waals surface area contributed by atoms with Gasteiger partial charge in [-0.2, -0.15) is 23.3 Å². The van der Waals surface area contributed by atoms with Crippen molar-refractivity contribution in [3.8, 4) is 5.75 Å². The smallest absolute Gasteiger partial charge is 0.438 e. The first-order chi connectivity index (χ1) is 12.6. The molecule has 27 heavy (non-hydrogen) atoms. The lowest BCUT2D eigenvalue weighted by Crippen LogP contribution is -2.56. The molecule has 1 aromatic heterocycles. The molecular formula is C16H11Cl2F3N2O4. The maximum absolute atomic E-state index is 13.1. The Labute approximate surface area is 160 Å². The first kappa shape index (κ1) is 19.5. The molecular weight excluding hydrogens is 412 g/mol. The van der Waals surface area contributed by atoms with Gasteiger partial charge < -0.3 is 14.3 Å². The molecule has 0 unspecified atom stereocenters. The van der Waals surface area contributed by atoms with Gasteiger partial charge in [0.1, 0.15) is 18.1 Å². The Balaban J connectivity index is 1.72. The molecule has 1 aromatic carbocycles. The summed E-state index contributed by atoms with van der Waals surface area (Å²) in [5.41, 5.74) is -3.41. The summed E-state index contributed by atoms with van der Waals surface area (Å²) in [6, 6.07) is 7.07. The highest BCUT2D eigenvalue weighted by Gasteiger charge is 2.61. The number of ether oxygens (including phenoxy) is 1. The van der Waals surface area contributed by atoms with Crippen LogP contribution in [0, 0.1) is 0 Å². The van der Waals surface area contributed by atoms with Crippen molar-refractivity contribution < 1.29 is 32.2 Å². The van der Waals surface area contributed by atoms with Crippen LogP contribution in [-0.2, 0) is 6.61 Å². The van der Waals surface area contributed by atoms with Crippen LogP contribution in [0.4, 0.5) is 13.2 Å². The fraction of sp³-hybridized carbons (Fsp3) is 0.250. The van der Waals surface area contributed by atoms with Crippen molar-refractivity contribution in [3.63, 3.8) is 0 Å². The molecule has 2 aromatic rings. The van der Waals surface area contributed by atoms with Crippen LogP contribution in [-0.4, -0.2) is 34.1 Å². The number of benzene rings is 1. The number of carbonyl (C=O) groups is 1. The molecule has 1 N–H and O–H groups in total. The Morgan fingerprint density at radius 1 is 1.33 bits per heavy atom. The van der Waals surface area contributed by atoms with Crippen LogP contribution in [0.3, 0.4) is 0 Å². The lowest BCUT2D eigenvalue weighted by molar-refractivity contribution is -0.297. The zero-order valence-corrected chi connectivity index (χ0v) is 14.8. The van der Waals surface area contributed by atoms with E-state index in [1.807, 2.05) is 0 Å². The fourth-order valence-electron chi connectivity index (χ4n) is 2.30. The molecule has 144 valence electrons. The maximum Gasteiger partial charge on any atom is 0.438 e. The van der Waals surface area contributed by atoms with Crippen LogP contribution < -0.4 is 4.74 Å². The van der Waals surface area contributed by atoms with E-state index in [1.54, 1.807) is 6.07 Å². The summed E-state index contributed by atoms with van der Waals surface area (Å²) in [7, 11) is 0. The van der Waals surface area contributed by atoms with E-state index in [2.05, 4.69) is 5.10 Å². The molecule has 0 saturated carbocycles. The van der Waals surface area contributed by atoms with Crippen LogP contribution in [0.5, 0.6) is 5.75 Å². The minimum atomic E-state index is -5.08. The second-order valence-electron chi connectivity index (χ2n) is 5.56. The van der Waals surface area contributed by atoms with Gasteiger partial charge in [-0.05, 0) is 30.3 Å². The number of halogens is 5. The number of amides is 1. The first-order valence-corrected chi connectivity index (χ1v) is 8.20. The number of hydrogen-bond acceptors (Lipinski definition) is 5. The summed E-state index contributed by atoms with van der Waals surface area (Å²) in [4.78, 5) is 12.3. The van der Waals surface area contributed by atoms with Crippen LogP contribution >= 0.6 is 23.2 Å². The molecule has 2 heterocycles. The van der Waals surface area contributed by atoms with Crippen molar-refractivity contribution in [2.24, 2.45) is 5.10 Å². The van der Waals surface area contributed by atoms with E-state index in [4.69, 9.17) is 32.4 Å². The summed E-state index contributed by atoms with van der Waals surface area (Å²) in [5.74, 6) is -1.21. The molecule has 1 aliphatic heterocycles. The summed E-state index contributed by atoms with van der Waals surface area (Å²) in [6.45, 7) is -0.137. The zero-order valence-electron chi connectivity index (χ0n) is 13.3. The van der Waals surface area contributed by atoms with Crippen molar-refractivity contribution >= 4 is 35.3 Å². The van der Waals surface area contributed by atoms with Crippen LogP contribution in [0.1, 0.15) is 22.7 Å². The van der Waals surface area contributed by atoms with E-state index in [-0.39, 0.29) is 22.4 Å². The van der Waals surface area contributed by atoms with Gasteiger partial charge in [0.15, 0.2) is 5.76 Å². The second kappa shape index (κ2) is 7.06. The number of rotatable bonds is 4. The van der Waals surface area contributed by atoms with E-state index in [9.17, 15) is 23.1 Å². The van der Waals surface area contributed by atoms with Crippen LogP contribution in [0.25, 0.3) is 0 Å². The van der Waals surface area contributed by atoms with Gasteiger partial charge in [0, 0.05) is 17.7 Å². The number of nitrogens with zero attached hydrogens (tertiary/aromatic N) is 2. The second-order valence-corrected chi connectivity index (χ2v) is 6.41. The van der Waals surface area contributed by atoms with E-state index in [0.29, 0.717) is 10.8 Å². The predicted molar refractivity (Wildman–Crippen MR) is 89.8 cm³/mol. The topological polar surface area (TPSA) is 75.3 Å². The molecule has 1 atom stereocenters. The van der Waals surface area contributed by atoms with Crippen molar-refractivity contribution in [1.82, 2.24) is 5.01 Å². The minimum Gasteiger partial charge on any atom is -0.484 e. The molecule has 0 radical (unpaired) electrons. The quantitative estimate of drug-likeness (QED) is 0.798. The third kappa shape index (κ3) is 3.76. The molecule has 11 heteroatoms. The Bertz CT molecular complexity index is 900. The zero-order chi connectivity index (χ0) is 19.8. The largest absolute Gasteiger partial charge is 0.484 e. The third-order valence-electron chi connectivity index (χ3n) is 3.71. The maximum atomic E-state index is 13.1. The SMILES string of the molecule is O=C(c1ccc(COc2ccc(Cl)cc2Cl)o1)N1N=CC[C@@]1(O)C(F)(F)F. The van der Waals surface area contributed by atoms with E-state index < -0.39 is 30.0 Å². The van der Waals surface area contributed by atoms with Gasteiger partial charge in [0.2, 0.25) is 0 Å². The fourth-order valence-corrected chi connectivity index (χ4v) is 2.77. The molecule has 0 bridgehead atoms. The lowest BCUT2D eigenvalue weighted by atomic mass is 10.1. The van der Waals surface area contributed by atoms with Gasteiger partial charge >= 0.3 is 12.1 Å². The Hall–Kier alpha value is -2.23. The van der Waals surface area contributed by atoms with Gasteiger partial charge in [-0.15, -0.1) is 0 Å². The third-order valence-corrected chi connectivity index (χ3v) is 4.24. The highest BCUT2D eigenvalue weighted by Crippen LogP contribution is 2.39. The van der Waals surface area contributed by atoms with Gasteiger partial charge in [-0.1, -0.05) is 23.2 Å². The Morgan fingerprint density at radius 3 is 2.74 bits per heavy atom. The van der Waals surface area contributed by atoms with E-state index >= 15 is 0 Å². The number of hydrogen-bond donors (Lipinski definition) is 1. The van der Waals surface area contributed by atoms with Gasteiger partial charge in [-0.25, -0.2) is 0 Å². The monoisotopic (exact) mass is 422 g/mol. The summed E-state index contributed by atoms with van der Waals surface area (Å²) in [6.07, 6.45) is -5.14. The molecule has 0 fully saturated rings. The highest BCUT2D eigenvalue weighted by molar-refractivity contribution is 6.35. The standard InChI is InChI=1S/C16H11Cl2F3N2O4/c17-9-1-3-12(11(18)7-9)26-8-10-2-4-13(27-10)14(24)23-15(25,5-6-22-23)16(19,20)21/h1-4,6-7,25H,5,8H2/t15-/m1/s1. The number of hydrazone groups is 1. The number of carbonyl (C=O) groups excluding carboxylic acids is 1. The molecule has 3 rings (SSSR count). The molecule has 0 aliphatic carbocycles. The molecule has 6 nitrogen and oxygen atoms in total. The van der Waals surface area contributed by atoms with Gasteiger partial charge in [0.25, 0.3) is 5.72 Å². The molecule has 0 spiro atoms. The average molecular weight is 423 g/mol. The van der Waals surface area contributed by atoms with Crippen molar-refractivity contribution in [1.29, 1.82) is 0 Å². The Morgan fingerprint density at radius 2 is 2.07 bits per heavy atom. The van der Waals surface area contributed by atoms with E-state index in [1.165, 1.54) is 18.2 Å². The van der Waals surface area contributed by atoms with Crippen LogP contribution in [0.2, 0.25) is 10.0 Å². The lowest BCUT2D eigenvalue weighted by Gasteiger charge is -2.31. The number of furan rings is 1. The van der Waals surface area contributed by atoms with Crippen molar-refractivity contribution in [2.75, 3.05) is 0 Å². The van der Waals surface area contributed by atoms with Crippen LogP contribution in [0.15, 0.2) is 39.9 Å². The minimum absolute atomic E-state index is 0.0491. The highest BCUT2D eigenvalue weighted by atomic mass is 35.5. The normalized spacial score (nSPS) is 19.6. The summed E-state index contributed by atoms with van der Waals surface area (Å²) in [5, 5.41) is 13.7.